The molecule has 0 N–H and O–H groups in total. The van der Waals surface area contributed by atoms with Crippen molar-refractivity contribution in [3.05, 3.63) is 0 Å². The number of likely N-dealkylation sites (tertiary alicyclic amines) is 1. The molecule has 1 fully saturated rings. The zero-order chi connectivity index (χ0) is 8.97. The first kappa shape index (κ1) is 9.90. The molecule has 0 unspecified atom stereocenters. The van der Waals surface area contributed by atoms with Gasteiger partial charge in [-0.15, -0.1) is 0 Å². The lowest BCUT2D eigenvalue weighted by molar-refractivity contribution is 0.0687. The van der Waals surface area contributed by atoms with Crippen molar-refractivity contribution in [2.75, 3.05) is 19.6 Å². The normalized spacial score (nSPS) is 22.0. The molecule has 1 saturated heterocycles. The Balaban J connectivity index is 2.17. The molecule has 1 heterocycles. The van der Waals surface area contributed by atoms with Crippen LogP contribution in [0.5, 0.6) is 0 Å². The lowest BCUT2D eigenvalue weighted by Gasteiger charge is -2.30. The molecule has 1 aliphatic rings. The fourth-order valence-electron chi connectivity index (χ4n) is 1.77. The second-order valence-corrected chi connectivity index (χ2v) is 3.54. The molecule has 0 spiro atoms. The zero-order valence-corrected chi connectivity index (χ0v) is 7.60. The Morgan fingerprint density at radius 2 is 1.92 bits per heavy atom. The van der Waals surface area contributed by atoms with Crippen LogP contribution in [0.25, 0.3) is 0 Å². The molecular weight excluding hydrogens is 160 g/mol. The van der Waals surface area contributed by atoms with E-state index in [4.69, 9.17) is 0 Å². The lowest BCUT2D eigenvalue weighted by atomic mass is 9.94. The standard InChI is InChI=1S/C9H17F2N/c1-2-8-3-5-12(6-4-8)7-9(10)11/h8-9H,2-7H2,1H3. The highest BCUT2D eigenvalue weighted by molar-refractivity contribution is 4.71. The molecule has 0 atom stereocenters. The highest BCUT2D eigenvalue weighted by atomic mass is 19.3. The molecule has 72 valence electrons. The highest BCUT2D eigenvalue weighted by Crippen LogP contribution is 2.20. The maximum Gasteiger partial charge on any atom is 0.251 e. The van der Waals surface area contributed by atoms with Crippen molar-refractivity contribution in [2.45, 2.75) is 32.6 Å². The molecule has 0 saturated carbocycles. The molecule has 3 heteroatoms. The molecule has 0 amide bonds. The van der Waals surface area contributed by atoms with E-state index in [9.17, 15) is 8.78 Å². The van der Waals surface area contributed by atoms with E-state index in [2.05, 4.69) is 6.92 Å². The van der Waals surface area contributed by atoms with E-state index in [1.165, 1.54) is 6.42 Å². The van der Waals surface area contributed by atoms with Gasteiger partial charge in [-0.1, -0.05) is 13.3 Å². The Bertz CT molecular complexity index is 120. The van der Waals surface area contributed by atoms with E-state index >= 15 is 0 Å². The average molecular weight is 177 g/mol. The average Bonchev–Trinajstić information content (AvgIpc) is 2.05. The van der Waals surface area contributed by atoms with Crippen molar-refractivity contribution >= 4 is 0 Å². The zero-order valence-electron chi connectivity index (χ0n) is 7.60. The van der Waals surface area contributed by atoms with Crippen LogP contribution < -0.4 is 0 Å². The molecule has 1 nitrogen and oxygen atoms in total. The molecule has 0 radical (unpaired) electrons. The summed E-state index contributed by atoms with van der Waals surface area (Å²) < 4.78 is 23.9. The lowest BCUT2D eigenvalue weighted by Crippen LogP contribution is -2.36. The minimum absolute atomic E-state index is 0.0313. The predicted molar refractivity (Wildman–Crippen MR) is 45.5 cm³/mol. The van der Waals surface area contributed by atoms with Gasteiger partial charge in [0.1, 0.15) is 0 Å². The Hall–Kier alpha value is -0.180. The van der Waals surface area contributed by atoms with Crippen LogP contribution in [0.2, 0.25) is 0 Å². The quantitative estimate of drug-likeness (QED) is 0.639. The van der Waals surface area contributed by atoms with Gasteiger partial charge in [-0.05, 0) is 31.8 Å². The van der Waals surface area contributed by atoms with Crippen molar-refractivity contribution in [3.8, 4) is 0 Å². The number of halogens is 2. The van der Waals surface area contributed by atoms with Gasteiger partial charge < -0.3 is 0 Å². The Morgan fingerprint density at radius 3 is 2.33 bits per heavy atom. The van der Waals surface area contributed by atoms with E-state index in [0.29, 0.717) is 0 Å². The van der Waals surface area contributed by atoms with E-state index in [1.54, 1.807) is 0 Å². The highest BCUT2D eigenvalue weighted by Gasteiger charge is 2.19. The first-order valence-electron chi connectivity index (χ1n) is 4.73. The van der Waals surface area contributed by atoms with Gasteiger partial charge in [0, 0.05) is 0 Å². The largest absolute Gasteiger partial charge is 0.298 e. The molecule has 0 aromatic carbocycles. The van der Waals surface area contributed by atoms with Crippen LogP contribution in [0, 0.1) is 5.92 Å². The smallest absolute Gasteiger partial charge is 0.251 e. The van der Waals surface area contributed by atoms with E-state index < -0.39 is 6.43 Å². The first-order chi connectivity index (χ1) is 5.72. The summed E-state index contributed by atoms with van der Waals surface area (Å²) in [4.78, 5) is 1.87. The van der Waals surface area contributed by atoms with Gasteiger partial charge in [0.2, 0.25) is 0 Å². The summed E-state index contributed by atoms with van der Waals surface area (Å²) >= 11 is 0. The maximum absolute atomic E-state index is 12.0. The van der Waals surface area contributed by atoms with Crippen LogP contribution in [-0.2, 0) is 0 Å². The minimum atomic E-state index is -2.16. The summed E-state index contributed by atoms with van der Waals surface area (Å²) in [6, 6.07) is 0. The Labute approximate surface area is 72.7 Å². The van der Waals surface area contributed by atoms with Gasteiger partial charge in [-0.25, -0.2) is 8.78 Å². The van der Waals surface area contributed by atoms with E-state index in [0.717, 1.165) is 31.8 Å². The molecule has 1 rings (SSSR count). The topological polar surface area (TPSA) is 3.24 Å². The van der Waals surface area contributed by atoms with Gasteiger partial charge in [0.15, 0.2) is 0 Å². The molecule has 0 aromatic rings. The third kappa shape index (κ3) is 3.05. The number of rotatable bonds is 3. The fraction of sp³-hybridized carbons (Fsp3) is 1.00. The van der Waals surface area contributed by atoms with Crippen molar-refractivity contribution in [2.24, 2.45) is 5.92 Å². The van der Waals surface area contributed by atoms with E-state index in [-0.39, 0.29) is 6.54 Å². The van der Waals surface area contributed by atoms with Crippen LogP contribution in [-0.4, -0.2) is 31.0 Å². The second-order valence-electron chi connectivity index (χ2n) is 3.54. The Morgan fingerprint density at radius 1 is 1.33 bits per heavy atom. The summed E-state index contributed by atoms with van der Waals surface area (Å²) in [6.45, 7) is 3.87. The molecular formula is C9H17F2N. The predicted octanol–water partition coefficient (Wildman–Crippen LogP) is 2.37. The maximum atomic E-state index is 12.0. The first-order valence-corrected chi connectivity index (χ1v) is 4.73. The summed E-state index contributed by atoms with van der Waals surface area (Å²) in [5.74, 6) is 0.777. The van der Waals surface area contributed by atoms with Crippen LogP contribution in [0.1, 0.15) is 26.2 Å². The van der Waals surface area contributed by atoms with Gasteiger partial charge in [-0.2, -0.15) is 0 Å². The summed E-state index contributed by atoms with van der Waals surface area (Å²) in [7, 11) is 0. The van der Waals surface area contributed by atoms with Gasteiger partial charge in [0.05, 0.1) is 6.54 Å². The van der Waals surface area contributed by atoms with Gasteiger partial charge in [-0.3, -0.25) is 4.90 Å². The molecule has 0 aromatic heterocycles. The second kappa shape index (κ2) is 4.75. The molecule has 0 aliphatic carbocycles. The van der Waals surface area contributed by atoms with Crippen LogP contribution in [0.3, 0.4) is 0 Å². The summed E-state index contributed by atoms with van der Waals surface area (Å²) in [6.07, 6.45) is 1.23. The number of alkyl halides is 2. The molecule has 0 bridgehead atoms. The molecule has 12 heavy (non-hydrogen) atoms. The fourth-order valence-corrected chi connectivity index (χ4v) is 1.77. The van der Waals surface area contributed by atoms with Crippen molar-refractivity contribution < 1.29 is 8.78 Å². The molecule has 1 aliphatic heterocycles. The van der Waals surface area contributed by atoms with Crippen LogP contribution in [0.15, 0.2) is 0 Å². The van der Waals surface area contributed by atoms with Crippen molar-refractivity contribution in [3.63, 3.8) is 0 Å². The third-order valence-corrected chi connectivity index (χ3v) is 2.68. The number of hydrogen-bond acceptors (Lipinski definition) is 1. The monoisotopic (exact) mass is 177 g/mol. The third-order valence-electron chi connectivity index (χ3n) is 2.68. The van der Waals surface area contributed by atoms with Crippen molar-refractivity contribution in [1.82, 2.24) is 4.90 Å². The van der Waals surface area contributed by atoms with Crippen LogP contribution in [0.4, 0.5) is 8.78 Å². The summed E-state index contributed by atoms with van der Waals surface area (Å²) in [5, 5.41) is 0. The number of piperidine rings is 1. The minimum Gasteiger partial charge on any atom is -0.298 e. The number of nitrogens with zero attached hydrogens (tertiary/aromatic N) is 1. The summed E-state index contributed by atoms with van der Waals surface area (Å²) in [5.41, 5.74) is 0. The Kier molecular flexibility index (Phi) is 3.92. The van der Waals surface area contributed by atoms with E-state index in [1.807, 2.05) is 4.90 Å². The van der Waals surface area contributed by atoms with Crippen LogP contribution >= 0.6 is 0 Å². The van der Waals surface area contributed by atoms with Gasteiger partial charge >= 0.3 is 0 Å². The van der Waals surface area contributed by atoms with Crippen molar-refractivity contribution in [1.29, 1.82) is 0 Å². The SMILES string of the molecule is CCC1CCN(CC(F)F)CC1. The van der Waals surface area contributed by atoms with Gasteiger partial charge in [0.25, 0.3) is 6.43 Å². The number of hydrogen-bond donors (Lipinski definition) is 0.